The number of halogens is 2. The van der Waals surface area contributed by atoms with Crippen LogP contribution in [-0.2, 0) is 4.74 Å². The third-order valence-corrected chi connectivity index (χ3v) is 3.11. The Morgan fingerprint density at radius 1 is 1.53 bits per heavy atom. The molecule has 0 radical (unpaired) electrons. The summed E-state index contributed by atoms with van der Waals surface area (Å²) in [6.07, 6.45) is 1.42. The lowest BCUT2D eigenvalue weighted by Crippen LogP contribution is -2.06. The van der Waals surface area contributed by atoms with E-state index in [1.807, 2.05) is 0 Å². The molecule has 1 aromatic heterocycles. The molecular weight excluding hydrogens is 289 g/mol. The minimum Gasteiger partial charge on any atom is -0.462 e. The normalized spacial score (nSPS) is 10.5. The van der Waals surface area contributed by atoms with Crippen LogP contribution in [-0.4, -0.2) is 17.6 Å². The molecular formula is C12H9BrFNO2. The zero-order valence-electron chi connectivity index (χ0n) is 9.04. The van der Waals surface area contributed by atoms with Crippen molar-refractivity contribution in [3.63, 3.8) is 0 Å². The third-order valence-electron chi connectivity index (χ3n) is 2.26. The number of nitrogens with zero attached hydrogens (tertiary/aromatic N) is 1. The second kappa shape index (κ2) is 4.79. The van der Waals surface area contributed by atoms with Crippen LogP contribution in [0.4, 0.5) is 4.39 Å². The predicted octanol–water partition coefficient (Wildman–Crippen LogP) is 3.31. The molecule has 1 aromatic carbocycles. The van der Waals surface area contributed by atoms with E-state index in [4.69, 9.17) is 4.74 Å². The minimum atomic E-state index is -0.474. The smallest absolute Gasteiger partial charge is 0.340 e. The van der Waals surface area contributed by atoms with Gasteiger partial charge in [-0.05, 0) is 41.1 Å². The van der Waals surface area contributed by atoms with E-state index in [-0.39, 0.29) is 12.4 Å². The number of fused-ring (bicyclic) bond motifs is 1. The Bertz CT molecular complexity index is 586. The Balaban J connectivity index is 2.60. The van der Waals surface area contributed by atoms with Gasteiger partial charge < -0.3 is 4.74 Å². The van der Waals surface area contributed by atoms with Crippen molar-refractivity contribution in [2.45, 2.75) is 6.92 Å². The second-order valence-corrected chi connectivity index (χ2v) is 4.16. The van der Waals surface area contributed by atoms with Crippen LogP contribution in [0.25, 0.3) is 10.9 Å². The van der Waals surface area contributed by atoms with Crippen LogP contribution in [0.1, 0.15) is 17.3 Å². The van der Waals surface area contributed by atoms with Crippen molar-refractivity contribution in [2.75, 3.05) is 6.61 Å². The number of benzene rings is 1. The third kappa shape index (κ3) is 2.29. The number of hydrogen-bond donors (Lipinski definition) is 0. The van der Waals surface area contributed by atoms with Crippen LogP contribution in [0.5, 0.6) is 0 Å². The molecule has 2 rings (SSSR count). The highest BCUT2D eigenvalue weighted by Gasteiger charge is 2.14. The van der Waals surface area contributed by atoms with Crippen LogP contribution < -0.4 is 0 Å². The lowest BCUT2D eigenvalue weighted by atomic mass is 10.1. The number of hydrogen-bond acceptors (Lipinski definition) is 3. The van der Waals surface area contributed by atoms with Crippen molar-refractivity contribution in [1.82, 2.24) is 4.98 Å². The molecule has 1 heterocycles. The van der Waals surface area contributed by atoms with Crippen molar-refractivity contribution >= 4 is 32.8 Å². The fourth-order valence-electron chi connectivity index (χ4n) is 1.48. The van der Waals surface area contributed by atoms with E-state index in [9.17, 15) is 9.18 Å². The Morgan fingerprint density at radius 3 is 3.00 bits per heavy atom. The summed E-state index contributed by atoms with van der Waals surface area (Å²) in [5.41, 5.74) is 0.913. The lowest BCUT2D eigenvalue weighted by molar-refractivity contribution is 0.0525. The Morgan fingerprint density at radius 2 is 2.29 bits per heavy atom. The maximum atomic E-state index is 13.1. The Kier molecular flexibility index (Phi) is 3.38. The van der Waals surface area contributed by atoms with E-state index in [1.54, 1.807) is 13.0 Å². The monoisotopic (exact) mass is 297 g/mol. The highest BCUT2D eigenvalue weighted by molar-refractivity contribution is 9.10. The molecule has 3 nitrogen and oxygen atoms in total. The quantitative estimate of drug-likeness (QED) is 0.798. The molecule has 0 spiro atoms. The van der Waals surface area contributed by atoms with E-state index in [2.05, 4.69) is 20.9 Å². The van der Waals surface area contributed by atoms with Gasteiger partial charge in [0.2, 0.25) is 0 Å². The van der Waals surface area contributed by atoms with Crippen molar-refractivity contribution in [3.8, 4) is 0 Å². The van der Waals surface area contributed by atoms with Crippen molar-refractivity contribution in [2.24, 2.45) is 0 Å². The number of esters is 1. The Hall–Kier alpha value is -1.49. The molecule has 0 N–H and O–H groups in total. The fraction of sp³-hybridized carbons (Fsp3) is 0.167. The van der Waals surface area contributed by atoms with Crippen molar-refractivity contribution in [1.29, 1.82) is 0 Å². The summed E-state index contributed by atoms with van der Waals surface area (Å²) in [5.74, 6) is -0.848. The van der Waals surface area contributed by atoms with Gasteiger partial charge in [0.15, 0.2) is 0 Å². The van der Waals surface area contributed by atoms with Crippen LogP contribution in [0.3, 0.4) is 0 Å². The molecule has 88 valence electrons. The fourth-order valence-corrected chi connectivity index (χ4v) is 2.07. The average molecular weight is 298 g/mol. The van der Waals surface area contributed by atoms with Gasteiger partial charge in [0.1, 0.15) is 5.82 Å². The zero-order chi connectivity index (χ0) is 12.4. The summed E-state index contributed by atoms with van der Waals surface area (Å²) >= 11 is 3.28. The maximum absolute atomic E-state index is 13.1. The summed E-state index contributed by atoms with van der Waals surface area (Å²) in [6.45, 7) is 2.01. The first-order valence-electron chi connectivity index (χ1n) is 5.04. The second-order valence-electron chi connectivity index (χ2n) is 3.37. The summed E-state index contributed by atoms with van der Waals surface area (Å²) in [4.78, 5) is 15.7. The molecule has 17 heavy (non-hydrogen) atoms. The van der Waals surface area contributed by atoms with Crippen molar-refractivity contribution in [3.05, 3.63) is 40.2 Å². The number of carbonyl (C=O) groups is 1. The van der Waals surface area contributed by atoms with Gasteiger partial charge in [-0.2, -0.15) is 0 Å². The van der Waals surface area contributed by atoms with Gasteiger partial charge in [-0.15, -0.1) is 0 Å². The predicted molar refractivity (Wildman–Crippen MR) is 65.4 cm³/mol. The number of rotatable bonds is 2. The molecule has 5 heteroatoms. The van der Waals surface area contributed by atoms with Gasteiger partial charge in [-0.1, -0.05) is 0 Å². The summed E-state index contributed by atoms with van der Waals surface area (Å²) in [5, 5.41) is 0.551. The molecule has 0 atom stereocenters. The van der Waals surface area contributed by atoms with Gasteiger partial charge in [0.25, 0.3) is 0 Å². The van der Waals surface area contributed by atoms with E-state index >= 15 is 0 Å². The molecule has 0 aliphatic heterocycles. The Labute approximate surface area is 106 Å². The molecule has 0 unspecified atom stereocenters. The van der Waals surface area contributed by atoms with Gasteiger partial charge in [0, 0.05) is 16.1 Å². The molecule has 0 bridgehead atoms. The highest BCUT2D eigenvalue weighted by Crippen LogP contribution is 2.27. The average Bonchev–Trinajstić information content (AvgIpc) is 2.30. The number of carbonyl (C=O) groups excluding carboxylic acids is 1. The van der Waals surface area contributed by atoms with Crippen LogP contribution in [0.15, 0.2) is 28.9 Å². The molecule has 0 saturated carbocycles. The van der Waals surface area contributed by atoms with Crippen LogP contribution in [0.2, 0.25) is 0 Å². The largest absolute Gasteiger partial charge is 0.462 e. The number of pyridine rings is 1. The lowest BCUT2D eigenvalue weighted by Gasteiger charge is -2.06. The van der Waals surface area contributed by atoms with Gasteiger partial charge >= 0.3 is 5.97 Å². The summed E-state index contributed by atoms with van der Waals surface area (Å²) < 4.78 is 18.5. The molecule has 0 aliphatic carbocycles. The van der Waals surface area contributed by atoms with E-state index in [0.29, 0.717) is 20.9 Å². The SMILES string of the molecule is CCOC(=O)c1cnc2ccc(F)cc2c1Br. The van der Waals surface area contributed by atoms with E-state index in [1.165, 1.54) is 18.3 Å². The first-order valence-corrected chi connectivity index (χ1v) is 5.83. The van der Waals surface area contributed by atoms with E-state index < -0.39 is 5.97 Å². The standard InChI is InChI=1S/C12H9BrFNO2/c1-2-17-12(16)9-6-15-10-4-3-7(14)5-8(10)11(9)13/h3-6H,2H2,1H3. The summed E-state index contributed by atoms with van der Waals surface area (Å²) in [7, 11) is 0. The first kappa shape index (κ1) is 12.0. The molecule has 0 aliphatic rings. The van der Waals surface area contributed by atoms with Crippen molar-refractivity contribution < 1.29 is 13.9 Å². The number of aromatic nitrogens is 1. The maximum Gasteiger partial charge on any atom is 0.340 e. The topological polar surface area (TPSA) is 39.2 Å². The minimum absolute atomic E-state index is 0.284. The van der Waals surface area contributed by atoms with Crippen LogP contribution >= 0.6 is 15.9 Å². The van der Waals surface area contributed by atoms with E-state index in [0.717, 1.165) is 0 Å². The van der Waals surface area contributed by atoms with Gasteiger partial charge in [0.05, 0.1) is 17.7 Å². The van der Waals surface area contributed by atoms with Crippen LogP contribution in [0, 0.1) is 5.82 Å². The van der Waals surface area contributed by atoms with Gasteiger partial charge in [-0.25, -0.2) is 9.18 Å². The highest BCUT2D eigenvalue weighted by atomic mass is 79.9. The number of ether oxygens (including phenoxy) is 1. The molecule has 0 saturated heterocycles. The molecule has 0 fully saturated rings. The molecule has 2 aromatic rings. The zero-order valence-corrected chi connectivity index (χ0v) is 10.6. The molecule has 0 amide bonds. The summed E-state index contributed by atoms with van der Waals surface area (Å²) in [6, 6.07) is 4.21. The van der Waals surface area contributed by atoms with Gasteiger partial charge in [-0.3, -0.25) is 4.98 Å². The first-order chi connectivity index (χ1) is 8.13.